The summed E-state index contributed by atoms with van der Waals surface area (Å²) >= 11 is 0. The number of nitrogens with zero attached hydrogens (tertiary/aromatic N) is 2. The van der Waals surface area contributed by atoms with Crippen molar-refractivity contribution in [2.24, 2.45) is 0 Å². The molecule has 3 nitrogen and oxygen atoms in total. The van der Waals surface area contributed by atoms with E-state index in [-0.39, 0.29) is 5.56 Å². The minimum absolute atomic E-state index is 0.210. The van der Waals surface area contributed by atoms with Crippen LogP contribution in [-0.2, 0) is 0 Å². The van der Waals surface area contributed by atoms with Gasteiger partial charge in [-0.1, -0.05) is 42.5 Å². The van der Waals surface area contributed by atoms with Gasteiger partial charge >= 0.3 is 0 Å². The molecule has 0 aliphatic carbocycles. The van der Waals surface area contributed by atoms with Crippen LogP contribution in [0.1, 0.15) is 5.56 Å². The highest BCUT2D eigenvalue weighted by Gasteiger charge is 2.17. The average Bonchev–Trinajstić information content (AvgIpc) is 2.63. The normalized spacial score (nSPS) is 11.0. The Morgan fingerprint density at radius 2 is 1.56 bits per heavy atom. The maximum absolute atomic E-state index is 14.4. The second-order valence-electron chi connectivity index (χ2n) is 5.86. The number of benzene rings is 3. The van der Waals surface area contributed by atoms with Gasteiger partial charge in [-0.15, -0.1) is 0 Å². The maximum Gasteiger partial charge on any atom is 0.266 e. The van der Waals surface area contributed by atoms with E-state index in [1.165, 1.54) is 10.6 Å². The molecule has 0 spiro atoms. The summed E-state index contributed by atoms with van der Waals surface area (Å²) < 4.78 is 15.9. The average molecular weight is 330 g/mol. The molecule has 1 heterocycles. The van der Waals surface area contributed by atoms with Crippen LogP contribution in [-0.4, -0.2) is 9.55 Å². The Kier molecular flexibility index (Phi) is 3.65. The van der Waals surface area contributed by atoms with Crippen LogP contribution in [0.25, 0.3) is 28.0 Å². The third kappa shape index (κ3) is 2.52. The molecule has 1 aromatic heterocycles. The van der Waals surface area contributed by atoms with Gasteiger partial charge in [-0.3, -0.25) is 9.36 Å². The van der Waals surface area contributed by atoms with Gasteiger partial charge < -0.3 is 0 Å². The first-order valence-corrected chi connectivity index (χ1v) is 7.99. The molecule has 0 aliphatic rings. The molecule has 4 rings (SSSR count). The van der Waals surface area contributed by atoms with Gasteiger partial charge in [0.1, 0.15) is 5.82 Å². The van der Waals surface area contributed by atoms with Gasteiger partial charge in [0.15, 0.2) is 5.82 Å². The predicted molar refractivity (Wildman–Crippen MR) is 97.5 cm³/mol. The van der Waals surface area contributed by atoms with Gasteiger partial charge in [0, 0.05) is 0 Å². The Hall–Kier alpha value is -3.27. The second kappa shape index (κ2) is 5.98. The number of hydrogen-bond acceptors (Lipinski definition) is 2. The minimum atomic E-state index is -0.410. The highest BCUT2D eigenvalue weighted by Crippen LogP contribution is 2.25. The van der Waals surface area contributed by atoms with Crippen molar-refractivity contribution in [2.75, 3.05) is 0 Å². The summed E-state index contributed by atoms with van der Waals surface area (Å²) in [4.78, 5) is 17.8. The van der Waals surface area contributed by atoms with Crippen molar-refractivity contribution in [1.82, 2.24) is 9.55 Å². The Bertz CT molecular complexity index is 1150. The van der Waals surface area contributed by atoms with Gasteiger partial charge in [-0.05, 0) is 42.8 Å². The van der Waals surface area contributed by atoms with E-state index in [1.807, 2.05) is 37.3 Å². The third-order valence-corrected chi connectivity index (χ3v) is 4.25. The SMILES string of the molecule is Cc1ccccc1-n1c(-c2ccccc2F)nc2ccccc2c1=O. The zero-order chi connectivity index (χ0) is 17.4. The molecule has 4 heteroatoms. The largest absolute Gasteiger partial charge is 0.268 e. The number of halogens is 1. The van der Waals surface area contributed by atoms with E-state index in [1.54, 1.807) is 36.4 Å². The summed E-state index contributed by atoms with van der Waals surface area (Å²) in [5.41, 5.74) is 2.26. The number of hydrogen-bond donors (Lipinski definition) is 0. The molecule has 0 amide bonds. The molecule has 0 saturated heterocycles. The smallest absolute Gasteiger partial charge is 0.266 e. The maximum atomic E-state index is 14.4. The topological polar surface area (TPSA) is 34.9 Å². The van der Waals surface area contributed by atoms with Crippen LogP contribution >= 0.6 is 0 Å². The molecule has 122 valence electrons. The van der Waals surface area contributed by atoms with Gasteiger partial charge in [0.2, 0.25) is 0 Å². The van der Waals surface area contributed by atoms with Crippen molar-refractivity contribution in [3.8, 4) is 17.1 Å². The molecule has 4 aromatic rings. The summed E-state index contributed by atoms with van der Waals surface area (Å²) in [6.07, 6.45) is 0. The van der Waals surface area contributed by atoms with E-state index in [9.17, 15) is 9.18 Å². The van der Waals surface area contributed by atoms with Crippen molar-refractivity contribution in [3.05, 3.63) is 94.5 Å². The van der Waals surface area contributed by atoms with Crippen LogP contribution < -0.4 is 5.56 Å². The molecule has 0 atom stereocenters. The standard InChI is InChI=1S/C21H15FN2O/c1-14-8-2-7-13-19(14)24-20(15-9-3-5-11-17(15)22)23-18-12-6-4-10-16(18)21(24)25/h2-13H,1H3. The highest BCUT2D eigenvalue weighted by molar-refractivity contribution is 5.80. The molecule has 0 N–H and O–H groups in total. The minimum Gasteiger partial charge on any atom is -0.268 e. The van der Waals surface area contributed by atoms with Crippen LogP contribution in [0.2, 0.25) is 0 Å². The molecule has 0 radical (unpaired) electrons. The van der Waals surface area contributed by atoms with Crippen LogP contribution in [0.5, 0.6) is 0 Å². The predicted octanol–water partition coefficient (Wildman–Crippen LogP) is 4.50. The van der Waals surface area contributed by atoms with Gasteiger partial charge in [-0.25, -0.2) is 9.37 Å². The third-order valence-electron chi connectivity index (χ3n) is 4.25. The van der Waals surface area contributed by atoms with Crippen LogP contribution in [0.4, 0.5) is 4.39 Å². The molecule has 0 unspecified atom stereocenters. The zero-order valence-corrected chi connectivity index (χ0v) is 13.6. The lowest BCUT2D eigenvalue weighted by molar-refractivity contribution is 0.629. The first kappa shape index (κ1) is 15.3. The fraction of sp³-hybridized carbons (Fsp3) is 0.0476. The fourth-order valence-corrected chi connectivity index (χ4v) is 2.99. The molecule has 0 bridgehead atoms. The number of fused-ring (bicyclic) bond motifs is 1. The first-order valence-electron chi connectivity index (χ1n) is 7.99. The van der Waals surface area contributed by atoms with Crippen molar-refractivity contribution >= 4 is 10.9 Å². The fourth-order valence-electron chi connectivity index (χ4n) is 2.99. The number of aromatic nitrogens is 2. The summed E-state index contributed by atoms with van der Waals surface area (Å²) in [6.45, 7) is 1.92. The number of para-hydroxylation sites is 2. The molecular weight excluding hydrogens is 315 g/mol. The van der Waals surface area contributed by atoms with E-state index < -0.39 is 5.82 Å². The van der Waals surface area contributed by atoms with Crippen molar-refractivity contribution in [1.29, 1.82) is 0 Å². The van der Waals surface area contributed by atoms with Crippen molar-refractivity contribution in [2.45, 2.75) is 6.92 Å². The van der Waals surface area contributed by atoms with Crippen LogP contribution in [0.3, 0.4) is 0 Å². The Morgan fingerprint density at radius 1 is 0.880 bits per heavy atom. The van der Waals surface area contributed by atoms with Gasteiger partial charge in [0.25, 0.3) is 5.56 Å². The Morgan fingerprint density at radius 3 is 2.36 bits per heavy atom. The monoisotopic (exact) mass is 330 g/mol. The lowest BCUT2D eigenvalue weighted by atomic mass is 10.1. The lowest BCUT2D eigenvalue weighted by Crippen LogP contribution is -2.23. The van der Waals surface area contributed by atoms with Crippen molar-refractivity contribution < 1.29 is 4.39 Å². The summed E-state index contributed by atoms with van der Waals surface area (Å²) in [6, 6.07) is 21.0. The van der Waals surface area contributed by atoms with Crippen LogP contribution in [0.15, 0.2) is 77.6 Å². The molecule has 25 heavy (non-hydrogen) atoms. The molecule has 3 aromatic carbocycles. The molecule has 0 saturated carbocycles. The van der Waals surface area contributed by atoms with E-state index >= 15 is 0 Å². The zero-order valence-electron chi connectivity index (χ0n) is 13.6. The second-order valence-corrected chi connectivity index (χ2v) is 5.86. The Labute approximate surface area is 144 Å². The summed E-state index contributed by atoms with van der Waals surface area (Å²) in [5, 5.41) is 0.505. The lowest BCUT2D eigenvalue weighted by Gasteiger charge is -2.16. The van der Waals surface area contributed by atoms with E-state index in [0.717, 1.165) is 5.56 Å². The molecule has 0 fully saturated rings. The first-order chi connectivity index (χ1) is 12.2. The summed E-state index contributed by atoms with van der Waals surface area (Å²) in [5.74, 6) is -0.108. The van der Waals surface area contributed by atoms with Gasteiger partial charge in [-0.2, -0.15) is 0 Å². The molecule has 0 aliphatic heterocycles. The quantitative estimate of drug-likeness (QED) is 0.542. The van der Waals surface area contributed by atoms with Gasteiger partial charge in [0.05, 0.1) is 22.2 Å². The van der Waals surface area contributed by atoms with E-state index in [4.69, 9.17) is 0 Å². The van der Waals surface area contributed by atoms with Crippen molar-refractivity contribution in [3.63, 3.8) is 0 Å². The molecular formula is C21H15FN2O. The Balaban J connectivity index is 2.18. The van der Waals surface area contributed by atoms with Crippen LogP contribution in [0, 0.1) is 12.7 Å². The number of rotatable bonds is 2. The number of aryl methyl sites for hydroxylation is 1. The highest BCUT2D eigenvalue weighted by atomic mass is 19.1. The van der Waals surface area contributed by atoms with E-state index in [0.29, 0.717) is 28.0 Å². The van der Waals surface area contributed by atoms with E-state index in [2.05, 4.69) is 4.98 Å². The summed E-state index contributed by atoms with van der Waals surface area (Å²) in [7, 11) is 0.